The summed E-state index contributed by atoms with van der Waals surface area (Å²) in [6, 6.07) is 11.7. The highest BCUT2D eigenvalue weighted by Gasteiger charge is 2.28. The molecule has 2 aromatic carbocycles. The number of benzene rings is 2. The Kier molecular flexibility index (Phi) is 7.98. The summed E-state index contributed by atoms with van der Waals surface area (Å²) in [5.74, 6) is -0.477. The van der Waals surface area contributed by atoms with Gasteiger partial charge < -0.3 is 10.2 Å². The van der Waals surface area contributed by atoms with E-state index in [1.807, 2.05) is 38.1 Å². The molecule has 0 unspecified atom stereocenters. The predicted octanol–water partition coefficient (Wildman–Crippen LogP) is 2.60. The Morgan fingerprint density at radius 1 is 1.04 bits per heavy atom. The lowest BCUT2D eigenvalue weighted by Crippen LogP contribution is -2.50. The molecule has 0 radical (unpaired) electrons. The van der Waals surface area contributed by atoms with Crippen molar-refractivity contribution in [2.24, 2.45) is 5.92 Å². The second kappa shape index (κ2) is 10.0. The monoisotopic (exact) mass is 405 g/mol. The van der Waals surface area contributed by atoms with Gasteiger partial charge in [0.25, 0.3) is 0 Å². The Labute approximate surface area is 168 Å². The van der Waals surface area contributed by atoms with Crippen LogP contribution >= 0.6 is 0 Å². The van der Waals surface area contributed by atoms with Crippen LogP contribution < -0.4 is 10.0 Å². The van der Waals surface area contributed by atoms with Crippen LogP contribution in [-0.4, -0.2) is 51.4 Å². The topological polar surface area (TPSA) is 78.5 Å². The number of rotatable bonds is 10. The summed E-state index contributed by atoms with van der Waals surface area (Å²) in [5.41, 5.74) is 0. The number of carbonyl (C=O) groups is 1. The molecule has 28 heavy (non-hydrogen) atoms. The van der Waals surface area contributed by atoms with E-state index in [-0.39, 0.29) is 16.7 Å². The molecule has 1 amide bonds. The third kappa shape index (κ3) is 5.77. The van der Waals surface area contributed by atoms with Crippen LogP contribution in [0.4, 0.5) is 0 Å². The van der Waals surface area contributed by atoms with Gasteiger partial charge in [0, 0.05) is 13.1 Å². The zero-order valence-corrected chi connectivity index (χ0v) is 17.9. The van der Waals surface area contributed by atoms with E-state index in [9.17, 15) is 13.2 Å². The molecule has 0 aliphatic carbocycles. The number of nitrogens with zero attached hydrogens (tertiary/aromatic N) is 1. The second-order valence-electron chi connectivity index (χ2n) is 7.17. The molecule has 2 N–H and O–H groups in total. The van der Waals surface area contributed by atoms with Gasteiger partial charge in [-0.2, -0.15) is 4.72 Å². The molecule has 0 fully saturated rings. The molecule has 2 rings (SSSR count). The molecule has 0 saturated heterocycles. The molecule has 0 aromatic heterocycles. The number of sulfonamides is 1. The Morgan fingerprint density at radius 2 is 1.68 bits per heavy atom. The van der Waals surface area contributed by atoms with Crippen molar-refractivity contribution >= 4 is 26.7 Å². The van der Waals surface area contributed by atoms with Gasteiger partial charge in [-0.25, -0.2) is 8.42 Å². The fourth-order valence-electron chi connectivity index (χ4n) is 3.05. The highest BCUT2D eigenvalue weighted by atomic mass is 32.2. The summed E-state index contributed by atoms with van der Waals surface area (Å²) in [6.07, 6.45) is 0. The average Bonchev–Trinajstić information content (AvgIpc) is 2.68. The summed E-state index contributed by atoms with van der Waals surface area (Å²) in [4.78, 5) is 15.0. The number of amides is 1. The molecule has 0 aliphatic rings. The Bertz CT molecular complexity index is 893. The van der Waals surface area contributed by atoms with E-state index in [1.54, 1.807) is 18.2 Å². The van der Waals surface area contributed by atoms with Crippen LogP contribution in [0.3, 0.4) is 0 Å². The standard InChI is InChI=1S/C21H31N3O3S/c1-5-24(6-2)14-13-22-21(25)20(16(3)4)23-28(26,27)19-12-11-17-9-7-8-10-18(17)15-19/h7-12,15-16,20,23H,5-6,13-14H2,1-4H3,(H,22,25)/t20-/m1/s1. The van der Waals surface area contributed by atoms with Gasteiger partial charge in [0.1, 0.15) is 6.04 Å². The maximum Gasteiger partial charge on any atom is 0.241 e. The highest BCUT2D eigenvalue weighted by molar-refractivity contribution is 7.89. The molecule has 0 spiro atoms. The fraction of sp³-hybridized carbons (Fsp3) is 0.476. The van der Waals surface area contributed by atoms with Gasteiger partial charge in [0.2, 0.25) is 15.9 Å². The zero-order valence-electron chi connectivity index (χ0n) is 17.1. The maximum atomic E-state index is 12.9. The molecule has 2 aromatic rings. The van der Waals surface area contributed by atoms with Crippen LogP contribution in [0.25, 0.3) is 10.8 Å². The molecule has 154 valence electrons. The summed E-state index contributed by atoms with van der Waals surface area (Å²) >= 11 is 0. The lowest BCUT2D eigenvalue weighted by atomic mass is 10.1. The summed E-state index contributed by atoms with van der Waals surface area (Å²) in [7, 11) is -3.81. The molecule has 7 heteroatoms. The van der Waals surface area contributed by atoms with Crippen molar-refractivity contribution in [3.63, 3.8) is 0 Å². The third-order valence-electron chi connectivity index (χ3n) is 4.88. The van der Waals surface area contributed by atoms with Gasteiger partial charge in [-0.3, -0.25) is 4.79 Å². The number of carbonyl (C=O) groups excluding carboxylic acids is 1. The van der Waals surface area contributed by atoms with Crippen molar-refractivity contribution in [2.45, 2.75) is 38.6 Å². The first-order chi connectivity index (χ1) is 13.3. The van der Waals surface area contributed by atoms with E-state index in [4.69, 9.17) is 0 Å². The molecule has 0 saturated carbocycles. The van der Waals surface area contributed by atoms with Crippen molar-refractivity contribution in [3.05, 3.63) is 42.5 Å². The van der Waals surface area contributed by atoms with Gasteiger partial charge in [-0.05, 0) is 41.9 Å². The van der Waals surface area contributed by atoms with Crippen LogP contribution in [0.15, 0.2) is 47.4 Å². The lowest BCUT2D eigenvalue weighted by molar-refractivity contribution is -0.123. The van der Waals surface area contributed by atoms with Gasteiger partial charge >= 0.3 is 0 Å². The van der Waals surface area contributed by atoms with Crippen molar-refractivity contribution < 1.29 is 13.2 Å². The Hall–Kier alpha value is -1.96. The first-order valence-electron chi connectivity index (χ1n) is 9.79. The van der Waals surface area contributed by atoms with Gasteiger partial charge in [0.05, 0.1) is 4.90 Å². The minimum atomic E-state index is -3.81. The number of fused-ring (bicyclic) bond motifs is 1. The minimum Gasteiger partial charge on any atom is -0.353 e. The van der Waals surface area contributed by atoms with E-state index >= 15 is 0 Å². The van der Waals surface area contributed by atoms with Gasteiger partial charge in [-0.1, -0.05) is 58.0 Å². The first kappa shape index (κ1) is 22.3. The maximum absolute atomic E-state index is 12.9. The Balaban J connectivity index is 2.11. The fourth-order valence-corrected chi connectivity index (χ4v) is 4.43. The zero-order chi connectivity index (χ0) is 20.7. The van der Waals surface area contributed by atoms with Crippen LogP contribution in [0.5, 0.6) is 0 Å². The Morgan fingerprint density at radius 3 is 2.29 bits per heavy atom. The smallest absolute Gasteiger partial charge is 0.241 e. The molecule has 0 heterocycles. The highest BCUT2D eigenvalue weighted by Crippen LogP contribution is 2.19. The predicted molar refractivity (Wildman–Crippen MR) is 114 cm³/mol. The van der Waals surface area contributed by atoms with E-state index in [1.165, 1.54) is 0 Å². The SMILES string of the molecule is CCN(CC)CCNC(=O)[C@H](NS(=O)(=O)c1ccc2ccccc2c1)C(C)C. The lowest BCUT2D eigenvalue weighted by Gasteiger charge is -2.23. The van der Waals surface area contributed by atoms with E-state index in [0.29, 0.717) is 6.54 Å². The van der Waals surface area contributed by atoms with Crippen molar-refractivity contribution in [1.82, 2.24) is 14.9 Å². The average molecular weight is 406 g/mol. The number of nitrogens with one attached hydrogen (secondary N) is 2. The molecular formula is C21H31N3O3S. The number of hydrogen-bond donors (Lipinski definition) is 2. The quantitative estimate of drug-likeness (QED) is 0.637. The van der Waals surface area contributed by atoms with Gasteiger partial charge in [-0.15, -0.1) is 0 Å². The number of likely N-dealkylation sites (N-methyl/N-ethyl adjacent to an activating group) is 1. The minimum absolute atomic E-state index is 0.160. The van der Waals surface area contributed by atoms with Crippen LogP contribution in [0, 0.1) is 5.92 Å². The molecule has 6 nitrogen and oxygen atoms in total. The van der Waals surface area contributed by atoms with Crippen molar-refractivity contribution in [2.75, 3.05) is 26.2 Å². The molecule has 0 aliphatic heterocycles. The van der Waals surface area contributed by atoms with Crippen LogP contribution in [-0.2, 0) is 14.8 Å². The summed E-state index contributed by atoms with van der Waals surface area (Å²) in [6.45, 7) is 10.8. The van der Waals surface area contributed by atoms with Crippen LogP contribution in [0.2, 0.25) is 0 Å². The molecule has 0 bridgehead atoms. The second-order valence-corrected chi connectivity index (χ2v) is 8.88. The summed E-state index contributed by atoms with van der Waals surface area (Å²) < 4.78 is 28.3. The largest absolute Gasteiger partial charge is 0.353 e. The normalized spacial score (nSPS) is 13.2. The third-order valence-corrected chi connectivity index (χ3v) is 6.32. The van der Waals surface area contributed by atoms with Crippen LogP contribution in [0.1, 0.15) is 27.7 Å². The van der Waals surface area contributed by atoms with E-state index in [2.05, 4.69) is 28.8 Å². The first-order valence-corrected chi connectivity index (χ1v) is 11.3. The van der Waals surface area contributed by atoms with E-state index < -0.39 is 16.1 Å². The van der Waals surface area contributed by atoms with Gasteiger partial charge in [0.15, 0.2) is 0 Å². The van der Waals surface area contributed by atoms with Crippen molar-refractivity contribution in [3.8, 4) is 0 Å². The van der Waals surface area contributed by atoms with E-state index in [0.717, 1.165) is 30.4 Å². The molecular weight excluding hydrogens is 374 g/mol. The molecule has 1 atom stereocenters. The summed E-state index contributed by atoms with van der Waals surface area (Å²) in [5, 5.41) is 4.67. The number of hydrogen-bond acceptors (Lipinski definition) is 4. The van der Waals surface area contributed by atoms with Crippen molar-refractivity contribution in [1.29, 1.82) is 0 Å².